The number of carbonyl (C=O) groups is 1. The summed E-state index contributed by atoms with van der Waals surface area (Å²) in [5.74, 6) is -0.780. The molecule has 0 aliphatic carbocycles. The summed E-state index contributed by atoms with van der Waals surface area (Å²) >= 11 is 1.41. The highest BCUT2D eigenvalue weighted by Gasteiger charge is 2.22. The second-order valence-corrected chi connectivity index (χ2v) is 6.94. The van der Waals surface area contributed by atoms with E-state index in [-0.39, 0.29) is 17.9 Å². The van der Waals surface area contributed by atoms with Crippen molar-refractivity contribution < 1.29 is 13.9 Å². The Labute approximate surface area is 165 Å². The SMILES string of the molecule is CCOC(=O)c1c(-c2ccccc2)csc1Nc1ccnc2c(F)cccc12. The van der Waals surface area contributed by atoms with Gasteiger partial charge in [0.25, 0.3) is 0 Å². The molecule has 0 aliphatic heterocycles. The third kappa shape index (κ3) is 3.34. The monoisotopic (exact) mass is 392 g/mol. The van der Waals surface area contributed by atoms with E-state index in [1.807, 2.05) is 35.7 Å². The van der Waals surface area contributed by atoms with E-state index >= 15 is 0 Å². The van der Waals surface area contributed by atoms with Crippen LogP contribution in [0.25, 0.3) is 22.0 Å². The molecular weight excluding hydrogens is 375 g/mol. The molecule has 2 heterocycles. The molecule has 0 amide bonds. The average molecular weight is 392 g/mol. The number of benzene rings is 2. The van der Waals surface area contributed by atoms with E-state index in [0.29, 0.717) is 21.6 Å². The lowest BCUT2D eigenvalue weighted by Crippen LogP contribution is -2.07. The van der Waals surface area contributed by atoms with Crippen molar-refractivity contribution in [1.29, 1.82) is 0 Å². The summed E-state index contributed by atoms with van der Waals surface area (Å²) in [5, 5.41) is 6.50. The Balaban J connectivity index is 1.82. The number of nitrogens with one attached hydrogen (secondary N) is 1. The highest BCUT2D eigenvalue weighted by molar-refractivity contribution is 7.15. The van der Waals surface area contributed by atoms with Gasteiger partial charge in [0.1, 0.15) is 21.9 Å². The number of pyridine rings is 1. The van der Waals surface area contributed by atoms with Crippen molar-refractivity contribution >= 4 is 38.9 Å². The number of esters is 1. The minimum atomic E-state index is -0.394. The van der Waals surface area contributed by atoms with Gasteiger partial charge in [0.05, 0.1) is 12.3 Å². The Kier molecular flexibility index (Phi) is 5.04. The van der Waals surface area contributed by atoms with Crippen LogP contribution in [0.4, 0.5) is 15.1 Å². The number of aromatic nitrogens is 1. The molecule has 1 N–H and O–H groups in total. The largest absolute Gasteiger partial charge is 0.462 e. The van der Waals surface area contributed by atoms with Crippen molar-refractivity contribution in [2.24, 2.45) is 0 Å². The molecule has 0 bridgehead atoms. The van der Waals surface area contributed by atoms with Crippen LogP contribution in [0.1, 0.15) is 17.3 Å². The zero-order valence-corrected chi connectivity index (χ0v) is 15.9. The Morgan fingerprint density at radius 3 is 2.75 bits per heavy atom. The molecule has 0 atom stereocenters. The van der Waals surface area contributed by atoms with Crippen LogP contribution in [0, 0.1) is 5.82 Å². The number of hydrogen-bond donors (Lipinski definition) is 1. The number of rotatable bonds is 5. The Morgan fingerprint density at radius 1 is 1.14 bits per heavy atom. The van der Waals surface area contributed by atoms with Crippen LogP contribution in [-0.4, -0.2) is 17.6 Å². The number of halogens is 1. The van der Waals surface area contributed by atoms with Crippen LogP contribution in [0.2, 0.25) is 0 Å². The van der Waals surface area contributed by atoms with Gasteiger partial charge in [-0.2, -0.15) is 0 Å². The molecule has 2 aromatic heterocycles. The van der Waals surface area contributed by atoms with E-state index in [4.69, 9.17) is 4.74 Å². The van der Waals surface area contributed by atoms with E-state index in [1.54, 1.807) is 31.3 Å². The first-order chi connectivity index (χ1) is 13.7. The predicted octanol–water partition coefficient (Wildman–Crippen LogP) is 6.02. The predicted molar refractivity (Wildman–Crippen MR) is 111 cm³/mol. The molecule has 0 saturated carbocycles. The molecule has 140 valence electrons. The lowest BCUT2D eigenvalue weighted by atomic mass is 10.0. The van der Waals surface area contributed by atoms with Gasteiger partial charge in [0.15, 0.2) is 0 Å². The van der Waals surface area contributed by atoms with Crippen molar-refractivity contribution in [3.05, 3.63) is 77.6 Å². The van der Waals surface area contributed by atoms with Gasteiger partial charge < -0.3 is 10.1 Å². The molecule has 0 fully saturated rings. The van der Waals surface area contributed by atoms with E-state index < -0.39 is 5.97 Å². The minimum absolute atomic E-state index is 0.282. The maximum absolute atomic E-state index is 14.1. The van der Waals surface area contributed by atoms with E-state index in [2.05, 4.69) is 10.3 Å². The molecule has 0 unspecified atom stereocenters. The summed E-state index contributed by atoms with van der Waals surface area (Å²) in [6.07, 6.45) is 1.55. The fraction of sp³-hybridized carbons (Fsp3) is 0.0909. The van der Waals surface area contributed by atoms with E-state index in [9.17, 15) is 9.18 Å². The quantitative estimate of drug-likeness (QED) is 0.422. The zero-order chi connectivity index (χ0) is 19.5. The molecule has 0 aliphatic rings. The van der Waals surface area contributed by atoms with Crippen molar-refractivity contribution in [1.82, 2.24) is 4.98 Å². The van der Waals surface area contributed by atoms with E-state index in [0.717, 1.165) is 11.1 Å². The third-order valence-electron chi connectivity index (χ3n) is 4.33. The Bertz CT molecular complexity index is 1140. The number of thiophene rings is 1. The Hall–Kier alpha value is -3.25. The number of fused-ring (bicyclic) bond motifs is 1. The summed E-state index contributed by atoms with van der Waals surface area (Å²) in [4.78, 5) is 16.8. The maximum Gasteiger partial charge on any atom is 0.341 e. The van der Waals surface area contributed by atoms with Crippen LogP contribution in [0.15, 0.2) is 66.2 Å². The van der Waals surface area contributed by atoms with Gasteiger partial charge in [0.2, 0.25) is 0 Å². The molecule has 2 aromatic carbocycles. The van der Waals surface area contributed by atoms with Gasteiger partial charge >= 0.3 is 5.97 Å². The molecular formula is C22H17FN2O2S. The topological polar surface area (TPSA) is 51.2 Å². The van der Waals surface area contributed by atoms with Crippen molar-refractivity contribution in [3.63, 3.8) is 0 Å². The summed E-state index contributed by atoms with van der Waals surface area (Å²) in [6.45, 7) is 2.06. The van der Waals surface area contributed by atoms with Gasteiger partial charge in [-0.25, -0.2) is 9.18 Å². The van der Waals surface area contributed by atoms with Gasteiger partial charge in [-0.3, -0.25) is 4.98 Å². The third-order valence-corrected chi connectivity index (χ3v) is 5.22. The molecule has 4 aromatic rings. The number of nitrogens with zero attached hydrogens (tertiary/aromatic N) is 1. The smallest absolute Gasteiger partial charge is 0.341 e. The van der Waals surface area contributed by atoms with Crippen LogP contribution in [-0.2, 0) is 4.74 Å². The molecule has 0 saturated heterocycles. The second-order valence-electron chi connectivity index (χ2n) is 6.06. The first kappa shape index (κ1) is 18.1. The van der Waals surface area contributed by atoms with Crippen LogP contribution in [0.5, 0.6) is 0 Å². The number of para-hydroxylation sites is 1. The highest BCUT2D eigenvalue weighted by atomic mass is 32.1. The van der Waals surface area contributed by atoms with Crippen LogP contribution in [0.3, 0.4) is 0 Å². The lowest BCUT2D eigenvalue weighted by molar-refractivity contribution is 0.0529. The number of carbonyl (C=O) groups excluding carboxylic acids is 1. The molecule has 0 spiro atoms. The maximum atomic E-state index is 14.1. The summed E-state index contributed by atoms with van der Waals surface area (Å²) < 4.78 is 19.4. The lowest BCUT2D eigenvalue weighted by Gasteiger charge is -2.11. The number of anilines is 2. The van der Waals surface area contributed by atoms with Gasteiger partial charge in [-0.1, -0.05) is 42.5 Å². The standard InChI is InChI=1S/C22H17FN2O2S/c1-2-27-22(26)19-16(14-7-4-3-5-8-14)13-28-21(19)25-18-11-12-24-20-15(18)9-6-10-17(20)23/h3-13H,2H2,1H3,(H,24,25). The Morgan fingerprint density at radius 2 is 1.96 bits per heavy atom. The summed E-state index contributed by atoms with van der Waals surface area (Å²) in [7, 11) is 0. The molecule has 4 rings (SSSR count). The van der Waals surface area contributed by atoms with Crippen molar-refractivity contribution in [2.75, 3.05) is 11.9 Å². The van der Waals surface area contributed by atoms with Gasteiger partial charge in [-0.05, 0) is 24.6 Å². The number of hydrogen-bond acceptors (Lipinski definition) is 5. The van der Waals surface area contributed by atoms with Crippen LogP contribution < -0.4 is 5.32 Å². The highest BCUT2D eigenvalue weighted by Crippen LogP contribution is 2.38. The van der Waals surface area contributed by atoms with E-state index in [1.165, 1.54) is 17.4 Å². The van der Waals surface area contributed by atoms with Crippen molar-refractivity contribution in [2.45, 2.75) is 6.92 Å². The normalized spacial score (nSPS) is 10.8. The first-order valence-electron chi connectivity index (χ1n) is 8.83. The molecule has 6 heteroatoms. The minimum Gasteiger partial charge on any atom is -0.462 e. The second kappa shape index (κ2) is 7.78. The number of ether oxygens (including phenoxy) is 1. The average Bonchev–Trinajstić information content (AvgIpc) is 3.13. The summed E-state index contributed by atoms with van der Waals surface area (Å²) in [6, 6.07) is 16.3. The fourth-order valence-electron chi connectivity index (χ4n) is 3.06. The molecule has 0 radical (unpaired) electrons. The van der Waals surface area contributed by atoms with Gasteiger partial charge in [-0.15, -0.1) is 11.3 Å². The summed E-state index contributed by atoms with van der Waals surface area (Å²) in [5.41, 5.74) is 3.16. The fourth-order valence-corrected chi connectivity index (χ4v) is 4.03. The first-order valence-corrected chi connectivity index (χ1v) is 9.71. The van der Waals surface area contributed by atoms with Gasteiger partial charge in [0, 0.05) is 22.5 Å². The molecule has 28 heavy (non-hydrogen) atoms. The zero-order valence-electron chi connectivity index (χ0n) is 15.1. The van der Waals surface area contributed by atoms with Crippen LogP contribution >= 0.6 is 11.3 Å². The van der Waals surface area contributed by atoms with Crippen molar-refractivity contribution in [3.8, 4) is 11.1 Å². The molecule has 4 nitrogen and oxygen atoms in total.